The maximum Gasteiger partial charge on any atom is 0.243 e. The van der Waals surface area contributed by atoms with Crippen molar-refractivity contribution >= 4 is 26.0 Å². The Kier molecular flexibility index (Phi) is 7.54. The number of sulfonamides is 2. The fourth-order valence-corrected chi connectivity index (χ4v) is 6.67. The fourth-order valence-electron chi connectivity index (χ4n) is 3.97. The zero-order valence-electron chi connectivity index (χ0n) is 17.4. The normalized spacial score (nSPS) is 21.6. The van der Waals surface area contributed by atoms with Crippen molar-refractivity contribution in [2.24, 2.45) is 5.92 Å². The predicted octanol–water partition coefficient (Wildman–Crippen LogP) is 1.19. The molecule has 0 unspecified atom stereocenters. The Morgan fingerprint density at radius 2 is 1.63 bits per heavy atom. The summed E-state index contributed by atoms with van der Waals surface area (Å²) in [6.07, 6.45) is 3.76. The van der Waals surface area contributed by atoms with Crippen LogP contribution in [0.5, 0.6) is 0 Å². The molecule has 0 aliphatic carbocycles. The van der Waals surface area contributed by atoms with Gasteiger partial charge < -0.3 is 5.32 Å². The van der Waals surface area contributed by atoms with E-state index in [1.807, 2.05) is 0 Å². The van der Waals surface area contributed by atoms with E-state index in [-0.39, 0.29) is 24.1 Å². The molecule has 0 saturated carbocycles. The monoisotopic (exact) mass is 457 g/mol. The lowest BCUT2D eigenvalue weighted by atomic mass is 9.99. The number of hydrogen-bond acceptors (Lipinski definition) is 5. The van der Waals surface area contributed by atoms with E-state index in [2.05, 4.69) is 5.32 Å². The standard InChI is InChI=1S/C20H31N3O5S2/c1-2-29(25,26)23-15-5-6-18(16-23)20(24)21-12-11-17-7-9-19(10-8-17)30(27,28)22-13-3-4-14-22/h7-10,18H,2-6,11-16H2,1H3,(H,21,24)/t18-/m0/s1. The molecular weight excluding hydrogens is 426 g/mol. The molecule has 1 amide bonds. The van der Waals surface area contributed by atoms with Crippen molar-refractivity contribution in [3.8, 4) is 0 Å². The highest BCUT2D eigenvalue weighted by Crippen LogP contribution is 2.22. The Morgan fingerprint density at radius 1 is 1.00 bits per heavy atom. The summed E-state index contributed by atoms with van der Waals surface area (Å²) in [7, 11) is -6.69. The van der Waals surface area contributed by atoms with Crippen LogP contribution in [0.1, 0.15) is 38.2 Å². The van der Waals surface area contributed by atoms with Crippen LogP contribution >= 0.6 is 0 Å². The highest BCUT2D eigenvalue weighted by molar-refractivity contribution is 7.89. The molecular formula is C20H31N3O5S2. The number of amides is 1. The largest absolute Gasteiger partial charge is 0.355 e. The topological polar surface area (TPSA) is 104 Å². The minimum atomic E-state index is -3.41. The van der Waals surface area contributed by atoms with Gasteiger partial charge in [0.2, 0.25) is 26.0 Å². The summed E-state index contributed by atoms with van der Waals surface area (Å²) in [6.45, 7) is 3.91. The second-order valence-corrected chi connectivity index (χ2v) is 12.1. The van der Waals surface area contributed by atoms with Crippen LogP contribution in [0.4, 0.5) is 0 Å². The molecule has 168 valence electrons. The third-order valence-electron chi connectivity index (χ3n) is 5.85. The van der Waals surface area contributed by atoms with E-state index in [9.17, 15) is 21.6 Å². The van der Waals surface area contributed by atoms with Crippen LogP contribution in [0.2, 0.25) is 0 Å². The first-order valence-electron chi connectivity index (χ1n) is 10.6. The van der Waals surface area contributed by atoms with Crippen LogP contribution in [0, 0.1) is 5.92 Å². The number of carbonyl (C=O) groups is 1. The molecule has 1 atom stereocenters. The number of rotatable bonds is 8. The molecule has 0 aromatic heterocycles. The summed E-state index contributed by atoms with van der Waals surface area (Å²) in [6, 6.07) is 6.81. The van der Waals surface area contributed by atoms with Gasteiger partial charge in [0.25, 0.3) is 0 Å². The summed E-state index contributed by atoms with van der Waals surface area (Å²) in [5.74, 6) is -0.405. The smallest absolute Gasteiger partial charge is 0.243 e. The summed E-state index contributed by atoms with van der Waals surface area (Å²) in [4.78, 5) is 12.8. The fraction of sp³-hybridized carbons (Fsp3) is 0.650. The zero-order chi connectivity index (χ0) is 21.8. The van der Waals surface area contributed by atoms with E-state index in [1.54, 1.807) is 31.2 Å². The van der Waals surface area contributed by atoms with E-state index < -0.39 is 20.0 Å². The maximum atomic E-state index is 12.6. The summed E-state index contributed by atoms with van der Waals surface area (Å²) in [5.41, 5.74) is 0.939. The SMILES string of the molecule is CCS(=O)(=O)N1CCC[C@H](C(=O)NCCc2ccc(S(=O)(=O)N3CCCC3)cc2)C1. The van der Waals surface area contributed by atoms with Crippen molar-refractivity contribution in [3.05, 3.63) is 29.8 Å². The number of nitrogens with zero attached hydrogens (tertiary/aromatic N) is 2. The van der Waals surface area contributed by atoms with Gasteiger partial charge in [0.1, 0.15) is 0 Å². The Labute approximate surface area is 179 Å². The molecule has 10 heteroatoms. The van der Waals surface area contributed by atoms with E-state index >= 15 is 0 Å². The quantitative estimate of drug-likeness (QED) is 0.632. The third-order valence-corrected chi connectivity index (χ3v) is 9.61. The lowest BCUT2D eigenvalue weighted by Gasteiger charge is -2.30. The number of carbonyl (C=O) groups excluding carboxylic acids is 1. The lowest BCUT2D eigenvalue weighted by Crippen LogP contribution is -2.46. The van der Waals surface area contributed by atoms with Gasteiger partial charge in [0.05, 0.1) is 16.6 Å². The van der Waals surface area contributed by atoms with Crippen molar-refractivity contribution in [1.29, 1.82) is 0 Å². The Morgan fingerprint density at radius 3 is 2.27 bits per heavy atom. The van der Waals surface area contributed by atoms with Gasteiger partial charge in [-0.15, -0.1) is 0 Å². The van der Waals surface area contributed by atoms with Crippen LogP contribution in [-0.4, -0.2) is 69.8 Å². The Hall–Kier alpha value is -1.49. The van der Waals surface area contributed by atoms with Gasteiger partial charge in [0.15, 0.2) is 0 Å². The van der Waals surface area contributed by atoms with Crippen molar-refractivity contribution in [3.63, 3.8) is 0 Å². The molecule has 8 nitrogen and oxygen atoms in total. The molecule has 0 bridgehead atoms. The van der Waals surface area contributed by atoms with Crippen LogP contribution in [0.25, 0.3) is 0 Å². The van der Waals surface area contributed by atoms with Gasteiger partial charge in [0, 0.05) is 32.7 Å². The van der Waals surface area contributed by atoms with E-state index in [0.29, 0.717) is 50.3 Å². The highest BCUT2D eigenvalue weighted by Gasteiger charge is 2.31. The van der Waals surface area contributed by atoms with E-state index in [0.717, 1.165) is 18.4 Å². The molecule has 2 fully saturated rings. The number of nitrogens with one attached hydrogen (secondary N) is 1. The van der Waals surface area contributed by atoms with E-state index in [1.165, 1.54) is 8.61 Å². The molecule has 1 aromatic rings. The van der Waals surface area contributed by atoms with Crippen LogP contribution in [0.15, 0.2) is 29.2 Å². The molecule has 0 radical (unpaired) electrons. The molecule has 2 aliphatic rings. The summed E-state index contributed by atoms with van der Waals surface area (Å²) in [5, 5.41) is 2.89. The third kappa shape index (κ3) is 5.40. The highest BCUT2D eigenvalue weighted by atomic mass is 32.2. The summed E-state index contributed by atoms with van der Waals surface area (Å²) < 4.78 is 52.2. The lowest BCUT2D eigenvalue weighted by molar-refractivity contribution is -0.126. The summed E-state index contributed by atoms with van der Waals surface area (Å²) >= 11 is 0. The van der Waals surface area contributed by atoms with Crippen LogP contribution in [0.3, 0.4) is 0 Å². The minimum Gasteiger partial charge on any atom is -0.355 e. The van der Waals surface area contributed by atoms with Crippen LogP contribution in [-0.2, 0) is 31.3 Å². The predicted molar refractivity (Wildman–Crippen MR) is 115 cm³/mol. The molecule has 2 aliphatic heterocycles. The molecule has 1 aromatic carbocycles. The van der Waals surface area contributed by atoms with Crippen molar-refractivity contribution in [1.82, 2.24) is 13.9 Å². The van der Waals surface area contributed by atoms with Gasteiger partial charge in [-0.3, -0.25) is 4.79 Å². The van der Waals surface area contributed by atoms with Crippen molar-refractivity contribution in [2.45, 2.75) is 43.9 Å². The van der Waals surface area contributed by atoms with Crippen molar-refractivity contribution in [2.75, 3.05) is 38.5 Å². The van der Waals surface area contributed by atoms with Gasteiger partial charge in [-0.25, -0.2) is 21.1 Å². The first kappa shape index (κ1) is 23.2. The number of benzene rings is 1. The average Bonchev–Trinajstić information content (AvgIpc) is 3.30. The molecule has 1 N–H and O–H groups in total. The maximum absolute atomic E-state index is 12.6. The number of hydrogen-bond donors (Lipinski definition) is 1. The number of piperidine rings is 1. The first-order valence-corrected chi connectivity index (χ1v) is 13.6. The molecule has 30 heavy (non-hydrogen) atoms. The second kappa shape index (κ2) is 9.76. The van der Waals surface area contributed by atoms with E-state index in [4.69, 9.17) is 0 Å². The Balaban J connectivity index is 1.49. The molecule has 0 spiro atoms. The van der Waals surface area contributed by atoms with Gasteiger partial charge >= 0.3 is 0 Å². The van der Waals surface area contributed by atoms with Crippen LogP contribution < -0.4 is 5.32 Å². The molecule has 3 rings (SSSR count). The average molecular weight is 458 g/mol. The molecule has 2 heterocycles. The van der Waals surface area contributed by atoms with Gasteiger partial charge in [-0.05, 0) is 56.7 Å². The van der Waals surface area contributed by atoms with Gasteiger partial charge in [-0.1, -0.05) is 12.1 Å². The Bertz CT molecular complexity index is 939. The minimum absolute atomic E-state index is 0.0464. The van der Waals surface area contributed by atoms with Crippen molar-refractivity contribution < 1.29 is 21.6 Å². The van der Waals surface area contributed by atoms with Gasteiger partial charge in [-0.2, -0.15) is 4.31 Å². The first-order chi connectivity index (χ1) is 14.2. The zero-order valence-corrected chi connectivity index (χ0v) is 19.1. The second-order valence-electron chi connectivity index (χ2n) is 7.89. The molecule has 2 saturated heterocycles.